The summed E-state index contributed by atoms with van der Waals surface area (Å²) in [5.74, 6) is 1.73. The Morgan fingerprint density at radius 1 is 0.773 bits per heavy atom. The first-order valence-electron chi connectivity index (χ1n) is 7.49. The molecule has 0 amide bonds. The van der Waals surface area contributed by atoms with E-state index in [4.69, 9.17) is 14.0 Å². The van der Waals surface area contributed by atoms with Crippen molar-refractivity contribution in [2.45, 2.75) is 19.8 Å². The van der Waals surface area contributed by atoms with Crippen LogP contribution >= 0.6 is 8.15 Å². The molecule has 3 nitrogen and oxygen atoms in total. The molecule has 0 fully saturated rings. The van der Waals surface area contributed by atoms with E-state index in [0.717, 1.165) is 30.9 Å². The van der Waals surface area contributed by atoms with Gasteiger partial charge in [0.2, 0.25) is 0 Å². The van der Waals surface area contributed by atoms with Gasteiger partial charge in [-0.25, -0.2) is 0 Å². The van der Waals surface area contributed by atoms with E-state index >= 15 is 0 Å². The standard InChI is InChI=1S/C18H23O3P/c1-4-5-14-21-22(17-10-6-15(19-2)7-11-17)18-12-8-16(20-3)9-13-18/h6-13H,4-5,14H2,1-3H3. The molecule has 0 spiro atoms. The van der Waals surface area contributed by atoms with Crippen LogP contribution < -0.4 is 20.1 Å². The fourth-order valence-electron chi connectivity index (χ4n) is 2.03. The smallest absolute Gasteiger partial charge is 0.118 e. The Kier molecular flexibility index (Phi) is 6.70. The molecule has 0 N–H and O–H groups in total. The predicted octanol–water partition coefficient (Wildman–Crippen LogP) is 3.87. The van der Waals surface area contributed by atoms with Crippen LogP contribution in [-0.2, 0) is 4.52 Å². The number of hydrogen-bond acceptors (Lipinski definition) is 3. The highest BCUT2D eigenvalue weighted by Gasteiger charge is 2.15. The van der Waals surface area contributed by atoms with Crippen molar-refractivity contribution < 1.29 is 14.0 Å². The molecule has 0 radical (unpaired) electrons. The summed E-state index contributed by atoms with van der Waals surface area (Å²) < 4.78 is 16.7. The fraction of sp³-hybridized carbons (Fsp3) is 0.333. The summed E-state index contributed by atoms with van der Waals surface area (Å²) >= 11 is 0. The highest BCUT2D eigenvalue weighted by Crippen LogP contribution is 2.36. The summed E-state index contributed by atoms with van der Waals surface area (Å²) in [6.45, 7) is 2.95. The van der Waals surface area contributed by atoms with Gasteiger partial charge < -0.3 is 14.0 Å². The third-order valence-electron chi connectivity index (χ3n) is 3.33. The van der Waals surface area contributed by atoms with Crippen LogP contribution in [0.5, 0.6) is 11.5 Å². The second-order valence-electron chi connectivity index (χ2n) is 4.88. The lowest BCUT2D eigenvalue weighted by Gasteiger charge is -2.19. The third-order valence-corrected chi connectivity index (χ3v) is 5.31. The number of benzene rings is 2. The summed E-state index contributed by atoms with van der Waals surface area (Å²) in [5.41, 5.74) is 0. The molecule has 0 saturated carbocycles. The average Bonchev–Trinajstić information content (AvgIpc) is 2.59. The quantitative estimate of drug-likeness (QED) is 0.546. The van der Waals surface area contributed by atoms with Crippen molar-refractivity contribution in [2.75, 3.05) is 20.8 Å². The van der Waals surface area contributed by atoms with E-state index < -0.39 is 8.15 Å². The van der Waals surface area contributed by atoms with E-state index in [0.29, 0.717) is 0 Å². The predicted molar refractivity (Wildman–Crippen MR) is 93.0 cm³/mol. The lowest BCUT2D eigenvalue weighted by Crippen LogP contribution is -2.14. The molecule has 0 unspecified atom stereocenters. The first kappa shape index (κ1) is 16.8. The lowest BCUT2D eigenvalue weighted by molar-refractivity contribution is 0.350. The third kappa shape index (κ3) is 4.46. The lowest BCUT2D eigenvalue weighted by atomic mass is 10.3. The van der Waals surface area contributed by atoms with Gasteiger partial charge in [0.25, 0.3) is 0 Å². The molecular formula is C18H23O3P. The first-order valence-corrected chi connectivity index (χ1v) is 8.75. The van der Waals surface area contributed by atoms with E-state index in [1.807, 2.05) is 24.3 Å². The van der Waals surface area contributed by atoms with E-state index in [-0.39, 0.29) is 0 Å². The molecule has 0 aliphatic rings. The number of unbranched alkanes of at least 4 members (excludes halogenated alkanes) is 1. The fourth-order valence-corrected chi connectivity index (χ4v) is 3.78. The molecular weight excluding hydrogens is 295 g/mol. The van der Waals surface area contributed by atoms with Crippen molar-refractivity contribution >= 4 is 18.8 Å². The molecule has 0 atom stereocenters. The summed E-state index contributed by atoms with van der Waals surface area (Å²) in [7, 11) is 2.55. The normalized spacial score (nSPS) is 10.7. The second kappa shape index (κ2) is 8.77. The van der Waals surface area contributed by atoms with Crippen LogP contribution in [0.25, 0.3) is 0 Å². The maximum absolute atomic E-state index is 6.18. The molecule has 2 aromatic carbocycles. The second-order valence-corrected chi connectivity index (χ2v) is 6.76. The molecule has 4 heteroatoms. The Hall–Kier alpha value is -1.57. The maximum Gasteiger partial charge on any atom is 0.118 e. The Labute approximate surface area is 134 Å². The van der Waals surface area contributed by atoms with Gasteiger partial charge in [-0.15, -0.1) is 0 Å². The molecule has 22 heavy (non-hydrogen) atoms. The molecule has 0 bridgehead atoms. The van der Waals surface area contributed by atoms with E-state index in [9.17, 15) is 0 Å². The van der Waals surface area contributed by atoms with Crippen LogP contribution in [0.4, 0.5) is 0 Å². The Bertz CT molecular complexity index is 504. The Balaban J connectivity index is 2.23. The summed E-state index contributed by atoms with van der Waals surface area (Å²) in [4.78, 5) is 0. The molecule has 0 heterocycles. The SMILES string of the molecule is CCCCOP(c1ccc(OC)cc1)c1ccc(OC)cc1. The van der Waals surface area contributed by atoms with Crippen molar-refractivity contribution in [1.29, 1.82) is 0 Å². The number of ether oxygens (including phenoxy) is 2. The summed E-state index contributed by atoms with van der Waals surface area (Å²) in [6, 6.07) is 16.3. The Morgan fingerprint density at radius 2 is 1.23 bits per heavy atom. The first-order chi connectivity index (χ1) is 10.8. The van der Waals surface area contributed by atoms with Gasteiger partial charge >= 0.3 is 0 Å². The molecule has 2 rings (SSSR count). The van der Waals surface area contributed by atoms with Crippen molar-refractivity contribution in [3.8, 4) is 11.5 Å². The van der Waals surface area contributed by atoms with Crippen LogP contribution in [0.3, 0.4) is 0 Å². The van der Waals surface area contributed by atoms with Gasteiger partial charge in [-0.2, -0.15) is 0 Å². The highest BCUT2D eigenvalue weighted by molar-refractivity contribution is 7.68. The molecule has 0 aliphatic heterocycles. The number of hydrogen-bond donors (Lipinski definition) is 0. The van der Waals surface area contributed by atoms with Crippen LogP contribution in [0.2, 0.25) is 0 Å². The minimum Gasteiger partial charge on any atom is -0.497 e. The molecule has 118 valence electrons. The monoisotopic (exact) mass is 318 g/mol. The maximum atomic E-state index is 6.18. The number of methoxy groups -OCH3 is 2. The van der Waals surface area contributed by atoms with Gasteiger partial charge in [-0.3, -0.25) is 0 Å². The zero-order valence-corrected chi connectivity index (χ0v) is 14.3. The minimum absolute atomic E-state index is 0.778. The topological polar surface area (TPSA) is 27.7 Å². The van der Waals surface area contributed by atoms with Gasteiger partial charge in [0.1, 0.15) is 11.5 Å². The zero-order chi connectivity index (χ0) is 15.8. The molecule has 2 aromatic rings. The van der Waals surface area contributed by atoms with Crippen molar-refractivity contribution in [1.82, 2.24) is 0 Å². The Morgan fingerprint density at radius 3 is 1.59 bits per heavy atom. The van der Waals surface area contributed by atoms with Gasteiger partial charge in [-0.05, 0) is 55.0 Å². The molecule has 0 saturated heterocycles. The van der Waals surface area contributed by atoms with E-state index in [1.54, 1.807) is 14.2 Å². The highest BCUT2D eigenvalue weighted by atomic mass is 31.1. The van der Waals surface area contributed by atoms with Crippen LogP contribution in [0.15, 0.2) is 48.5 Å². The van der Waals surface area contributed by atoms with Crippen molar-refractivity contribution in [3.63, 3.8) is 0 Å². The van der Waals surface area contributed by atoms with Crippen LogP contribution in [0, 0.1) is 0 Å². The zero-order valence-electron chi connectivity index (χ0n) is 13.4. The summed E-state index contributed by atoms with van der Waals surface area (Å²) in [6.07, 6.45) is 2.21. The number of rotatable bonds is 8. The molecule has 0 aromatic heterocycles. The summed E-state index contributed by atoms with van der Waals surface area (Å²) in [5, 5.41) is 2.38. The minimum atomic E-state index is -0.808. The largest absolute Gasteiger partial charge is 0.497 e. The van der Waals surface area contributed by atoms with Gasteiger partial charge in [-0.1, -0.05) is 13.3 Å². The van der Waals surface area contributed by atoms with Crippen molar-refractivity contribution in [2.24, 2.45) is 0 Å². The van der Waals surface area contributed by atoms with Gasteiger partial charge in [0.15, 0.2) is 0 Å². The van der Waals surface area contributed by atoms with Crippen molar-refractivity contribution in [3.05, 3.63) is 48.5 Å². The van der Waals surface area contributed by atoms with Crippen LogP contribution in [-0.4, -0.2) is 20.8 Å². The van der Waals surface area contributed by atoms with Gasteiger partial charge in [0, 0.05) is 10.6 Å². The average molecular weight is 318 g/mol. The van der Waals surface area contributed by atoms with Crippen LogP contribution in [0.1, 0.15) is 19.8 Å². The van der Waals surface area contributed by atoms with E-state index in [2.05, 4.69) is 31.2 Å². The van der Waals surface area contributed by atoms with Gasteiger partial charge in [0.05, 0.1) is 29.0 Å². The van der Waals surface area contributed by atoms with E-state index in [1.165, 1.54) is 10.6 Å². The molecule has 0 aliphatic carbocycles.